The van der Waals surface area contributed by atoms with Crippen molar-refractivity contribution in [3.63, 3.8) is 0 Å². The van der Waals surface area contributed by atoms with E-state index in [1.165, 1.54) is 0 Å². The smallest absolute Gasteiger partial charge is 0.321 e. The number of amides is 4. The number of rotatable bonds is 4. The number of benzene rings is 1. The van der Waals surface area contributed by atoms with Gasteiger partial charge in [0, 0.05) is 43.2 Å². The van der Waals surface area contributed by atoms with Gasteiger partial charge in [0.25, 0.3) is 5.91 Å². The highest BCUT2D eigenvalue weighted by molar-refractivity contribution is 6.00. The van der Waals surface area contributed by atoms with Gasteiger partial charge >= 0.3 is 6.03 Å². The van der Waals surface area contributed by atoms with Crippen molar-refractivity contribution in [2.75, 3.05) is 19.6 Å². The van der Waals surface area contributed by atoms with Crippen LogP contribution in [0.4, 0.5) is 4.79 Å². The molecule has 0 bridgehead atoms. The van der Waals surface area contributed by atoms with E-state index in [9.17, 15) is 14.4 Å². The van der Waals surface area contributed by atoms with Crippen LogP contribution in [-0.2, 0) is 4.79 Å². The molecule has 1 saturated carbocycles. The summed E-state index contributed by atoms with van der Waals surface area (Å²) >= 11 is 0. The maximum absolute atomic E-state index is 13.1. The highest BCUT2D eigenvalue weighted by Crippen LogP contribution is 2.55. The molecule has 180 valence electrons. The molecule has 2 saturated heterocycles. The predicted octanol–water partition coefficient (Wildman–Crippen LogP) is 2.80. The number of fused-ring (bicyclic) bond motifs is 1. The van der Waals surface area contributed by atoms with E-state index in [4.69, 9.17) is 0 Å². The fraction of sp³-hybridized carbons (Fsp3) is 0.423. The molecule has 4 amide bonds. The van der Waals surface area contributed by atoms with E-state index in [0.717, 1.165) is 48.3 Å². The Hall–Kier alpha value is -3.75. The Morgan fingerprint density at radius 3 is 2.80 bits per heavy atom. The summed E-state index contributed by atoms with van der Waals surface area (Å²) in [6.45, 7) is 6.21. The number of hydrogen-bond acceptors (Lipinski definition) is 5. The topological polar surface area (TPSA) is 109 Å². The number of imide groups is 1. The maximum Gasteiger partial charge on any atom is 0.321 e. The van der Waals surface area contributed by atoms with Gasteiger partial charge in [-0.3, -0.25) is 14.9 Å². The normalized spacial score (nSPS) is 25.4. The lowest BCUT2D eigenvalue weighted by Gasteiger charge is -2.22. The van der Waals surface area contributed by atoms with Crippen LogP contribution in [0.5, 0.6) is 0 Å². The minimum absolute atomic E-state index is 0.0989. The molecule has 9 nitrogen and oxygen atoms in total. The third-order valence-corrected chi connectivity index (χ3v) is 7.50. The summed E-state index contributed by atoms with van der Waals surface area (Å²) in [7, 11) is 0. The molecule has 0 spiro atoms. The van der Waals surface area contributed by atoms with Crippen molar-refractivity contribution in [1.29, 1.82) is 0 Å². The second kappa shape index (κ2) is 7.90. The van der Waals surface area contributed by atoms with E-state index in [0.29, 0.717) is 5.69 Å². The standard InChI is InChI=1S/C26H28N6O3/c1-26(2)6-8-31(14-26)24(34)16-5-3-4-15(10-16)17-11-18(17)19-12-21(30-32-9-7-27-22(19)32)20-13-28-25(35)29-23(20)33/h3-5,7,9-10,12,17-18,20H,6,8,11,13-14H2,1-2H3,(H2,28,29,33,35)/t17-,18+,20?/m1/s1. The summed E-state index contributed by atoms with van der Waals surface area (Å²) in [5.41, 5.74) is 4.46. The van der Waals surface area contributed by atoms with Crippen LogP contribution >= 0.6 is 0 Å². The lowest BCUT2D eigenvalue weighted by molar-refractivity contribution is -0.122. The Morgan fingerprint density at radius 1 is 1.17 bits per heavy atom. The zero-order valence-corrected chi connectivity index (χ0v) is 19.8. The first-order chi connectivity index (χ1) is 16.8. The highest BCUT2D eigenvalue weighted by Gasteiger charge is 2.42. The van der Waals surface area contributed by atoms with E-state index >= 15 is 0 Å². The van der Waals surface area contributed by atoms with Crippen molar-refractivity contribution in [1.82, 2.24) is 30.1 Å². The van der Waals surface area contributed by atoms with Crippen LogP contribution in [0, 0.1) is 5.41 Å². The van der Waals surface area contributed by atoms with Gasteiger partial charge in [0.05, 0.1) is 11.6 Å². The molecule has 1 aliphatic carbocycles. The number of imidazole rings is 1. The molecule has 3 fully saturated rings. The monoisotopic (exact) mass is 472 g/mol. The van der Waals surface area contributed by atoms with Crippen molar-refractivity contribution in [2.24, 2.45) is 5.41 Å². The second-order valence-corrected chi connectivity index (χ2v) is 10.7. The maximum atomic E-state index is 13.1. The average Bonchev–Trinajstić information content (AvgIpc) is 3.33. The zero-order chi connectivity index (χ0) is 24.3. The molecule has 2 N–H and O–H groups in total. The fourth-order valence-corrected chi connectivity index (χ4v) is 5.45. The Kier molecular flexibility index (Phi) is 4.91. The van der Waals surface area contributed by atoms with Gasteiger partial charge in [0.15, 0.2) is 5.65 Å². The number of nitrogens with one attached hydrogen (secondary N) is 2. The Bertz CT molecular complexity index is 1360. The van der Waals surface area contributed by atoms with Crippen LogP contribution < -0.4 is 10.6 Å². The highest BCUT2D eigenvalue weighted by atomic mass is 16.2. The molecule has 2 aliphatic heterocycles. The molecule has 3 atom stereocenters. The minimum Gasteiger partial charge on any atom is -0.338 e. The van der Waals surface area contributed by atoms with Crippen LogP contribution in [-0.4, -0.2) is 57.0 Å². The molecule has 3 aromatic rings. The van der Waals surface area contributed by atoms with Crippen LogP contribution in [0.3, 0.4) is 0 Å². The third kappa shape index (κ3) is 3.94. The number of likely N-dealkylation sites (tertiary alicyclic amines) is 1. The first kappa shape index (κ1) is 21.8. The SMILES string of the molecule is CC1(C)CCN(C(=O)c2cccc([C@H]3C[C@@H]3c3cc(C4CNC(=O)NC4=O)nn4ccnc34)c2)C1. The summed E-state index contributed by atoms with van der Waals surface area (Å²) in [5, 5.41) is 9.59. The first-order valence-corrected chi connectivity index (χ1v) is 12.1. The number of urea groups is 1. The van der Waals surface area contributed by atoms with Crippen molar-refractivity contribution >= 4 is 23.5 Å². The number of nitrogens with zero attached hydrogens (tertiary/aromatic N) is 4. The molecule has 0 radical (unpaired) electrons. The predicted molar refractivity (Wildman–Crippen MR) is 128 cm³/mol. The lowest BCUT2D eigenvalue weighted by atomic mass is 9.93. The number of carbonyl (C=O) groups is 3. The van der Waals surface area contributed by atoms with Gasteiger partial charge in [-0.1, -0.05) is 26.0 Å². The molecule has 3 aliphatic rings. The summed E-state index contributed by atoms with van der Waals surface area (Å²) in [6.07, 6.45) is 5.44. The van der Waals surface area contributed by atoms with Crippen molar-refractivity contribution in [3.05, 3.63) is 65.1 Å². The van der Waals surface area contributed by atoms with Crippen LogP contribution in [0.25, 0.3) is 5.65 Å². The van der Waals surface area contributed by atoms with Crippen LogP contribution in [0.1, 0.15) is 71.6 Å². The molecule has 9 heteroatoms. The van der Waals surface area contributed by atoms with E-state index in [1.807, 2.05) is 29.2 Å². The van der Waals surface area contributed by atoms with Gasteiger partial charge in [0.2, 0.25) is 5.91 Å². The third-order valence-electron chi connectivity index (χ3n) is 7.50. The van der Waals surface area contributed by atoms with E-state index in [1.54, 1.807) is 16.9 Å². The number of aromatic nitrogens is 3. The molecule has 4 heterocycles. The number of hydrogen-bond donors (Lipinski definition) is 2. The van der Waals surface area contributed by atoms with Gasteiger partial charge in [-0.2, -0.15) is 5.10 Å². The number of carbonyl (C=O) groups excluding carboxylic acids is 3. The summed E-state index contributed by atoms with van der Waals surface area (Å²) in [4.78, 5) is 43.5. The lowest BCUT2D eigenvalue weighted by Crippen LogP contribution is -2.51. The molecule has 6 rings (SSSR count). The quantitative estimate of drug-likeness (QED) is 0.607. The molecular weight excluding hydrogens is 444 g/mol. The van der Waals surface area contributed by atoms with Crippen molar-refractivity contribution in [3.8, 4) is 0 Å². The molecule has 1 unspecified atom stereocenters. The summed E-state index contributed by atoms with van der Waals surface area (Å²) < 4.78 is 1.71. The van der Waals surface area contributed by atoms with Gasteiger partial charge in [-0.05, 0) is 53.9 Å². The van der Waals surface area contributed by atoms with Crippen LogP contribution in [0.2, 0.25) is 0 Å². The molecule has 2 aromatic heterocycles. The Balaban J connectivity index is 1.27. The van der Waals surface area contributed by atoms with Crippen LogP contribution in [0.15, 0.2) is 42.7 Å². The molecule has 35 heavy (non-hydrogen) atoms. The Morgan fingerprint density at radius 2 is 2.03 bits per heavy atom. The fourth-order valence-electron chi connectivity index (χ4n) is 5.45. The second-order valence-electron chi connectivity index (χ2n) is 10.7. The van der Waals surface area contributed by atoms with Gasteiger partial charge in [0.1, 0.15) is 0 Å². The molecule has 1 aromatic carbocycles. The van der Waals surface area contributed by atoms with Gasteiger partial charge in [-0.25, -0.2) is 14.3 Å². The minimum atomic E-state index is -0.555. The van der Waals surface area contributed by atoms with E-state index < -0.39 is 11.9 Å². The zero-order valence-electron chi connectivity index (χ0n) is 19.8. The van der Waals surface area contributed by atoms with Crippen molar-refractivity contribution < 1.29 is 14.4 Å². The Labute approximate surface area is 202 Å². The van der Waals surface area contributed by atoms with E-state index in [2.05, 4.69) is 40.6 Å². The average molecular weight is 473 g/mol. The summed E-state index contributed by atoms with van der Waals surface area (Å²) in [5.74, 6) is -0.314. The van der Waals surface area contributed by atoms with Crippen molar-refractivity contribution in [2.45, 2.75) is 44.4 Å². The summed E-state index contributed by atoms with van der Waals surface area (Å²) in [6, 6.07) is 9.47. The molecular formula is C26H28N6O3. The largest absolute Gasteiger partial charge is 0.338 e. The van der Waals surface area contributed by atoms with Gasteiger partial charge < -0.3 is 10.2 Å². The first-order valence-electron chi connectivity index (χ1n) is 12.1. The van der Waals surface area contributed by atoms with Gasteiger partial charge in [-0.15, -0.1) is 0 Å². The van der Waals surface area contributed by atoms with E-state index in [-0.39, 0.29) is 35.6 Å².